The van der Waals surface area contributed by atoms with Crippen molar-refractivity contribution >= 4 is 5.82 Å². The number of hydrogen-bond donors (Lipinski definition) is 0. The van der Waals surface area contributed by atoms with Crippen LogP contribution in [0.15, 0.2) is 30.3 Å². The molecule has 0 amide bonds. The third-order valence-electron chi connectivity index (χ3n) is 6.47. The molecule has 1 saturated carbocycles. The molecular formula is C23H23F6N3O3. The van der Waals surface area contributed by atoms with Crippen LogP contribution in [-0.2, 0) is 17.1 Å². The summed E-state index contributed by atoms with van der Waals surface area (Å²) in [6, 6.07) is 5.40. The fourth-order valence-electron chi connectivity index (χ4n) is 4.46. The molecule has 1 unspecified atom stereocenters. The summed E-state index contributed by atoms with van der Waals surface area (Å²) in [4.78, 5) is 1.84. The Labute approximate surface area is 197 Å². The highest BCUT2D eigenvalue weighted by atomic mass is 19.4. The summed E-state index contributed by atoms with van der Waals surface area (Å²) in [5.41, 5.74) is -1.88. The summed E-state index contributed by atoms with van der Waals surface area (Å²) in [6.07, 6.45) is -7.46. The van der Waals surface area contributed by atoms with E-state index in [0.717, 1.165) is 31.0 Å². The van der Waals surface area contributed by atoms with E-state index < -0.39 is 23.6 Å². The number of nitrogens with zero attached hydrogens (tertiary/aromatic N) is 3. The summed E-state index contributed by atoms with van der Waals surface area (Å²) >= 11 is 0. The van der Waals surface area contributed by atoms with E-state index in [1.165, 1.54) is 12.1 Å². The van der Waals surface area contributed by atoms with Gasteiger partial charge in [-0.25, -0.2) is 0 Å². The van der Waals surface area contributed by atoms with Gasteiger partial charge in [-0.1, -0.05) is 0 Å². The number of aromatic nitrogens is 2. The molecule has 2 aromatic rings. The number of anilines is 1. The van der Waals surface area contributed by atoms with Crippen LogP contribution in [0.5, 0.6) is 11.5 Å². The second-order valence-corrected chi connectivity index (χ2v) is 9.23. The summed E-state index contributed by atoms with van der Waals surface area (Å²) in [6.45, 7) is 1.79. The van der Waals surface area contributed by atoms with Gasteiger partial charge < -0.3 is 19.1 Å². The van der Waals surface area contributed by atoms with Crippen LogP contribution in [-0.4, -0.2) is 49.2 Å². The van der Waals surface area contributed by atoms with Crippen LogP contribution in [0.2, 0.25) is 0 Å². The third-order valence-corrected chi connectivity index (χ3v) is 6.47. The molecule has 3 heterocycles. The molecular weight excluding hydrogens is 480 g/mol. The fourth-order valence-corrected chi connectivity index (χ4v) is 4.46. The number of alkyl halides is 6. The first kappa shape index (κ1) is 24.0. The van der Waals surface area contributed by atoms with Gasteiger partial charge in [0.25, 0.3) is 0 Å². The molecule has 12 heteroatoms. The van der Waals surface area contributed by atoms with Crippen LogP contribution >= 0.6 is 0 Å². The molecule has 3 atom stereocenters. The van der Waals surface area contributed by atoms with Crippen LogP contribution in [0.3, 0.4) is 0 Å². The maximum Gasteiger partial charge on any atom is 0.435 e. The van der Waals surface area contributed by atoms with Gasteiger partial charge in [-0.3, -0.25) is 0 Å². The van der Waals surface area contributed by atoms with Crippen molar-refractivity contribution < 1.29 is 40.6 Å². The van der Waals surface area contributed by atoms with Crippen LogP contribution in [0, 0.1) is 17.8 Å². The fraction of sp³-hybridized carbons (Fsp3) is 0.565. The van der Waals surface area contributed by atoms with Crippen molar-refractivity contribution in [3.05, 3.63) is 41.6 Å². The Hall–Kier alpha value is -2.76. The summed E-state index contributed by atoms with van der Waals surface area (Å²) in [5, 5.41) is 7.04. The van der Waals surface area contributed by atoms with Gasteiger partial charge in [-0.2, -0.15) is 26.3 Å². The predicted octanol–water partition coefficient (Wildman–Crippen LogP) is 4.83. The van der Waals surface area contributed by atoms with Crippen LogP contribution in [0.1, 0.15) is 24.1 Å². The Bertz CT molecular complexity index is 1030. The molecule has 2 aliphatic heterocycles. The zero-order valence-corrected chi connectivity index (χ0v) is 18.5. The van der Waals surface area contributed by atoms with E-state index in [1.807, 2.05) is 4.90 Å². The van der Waals surface area contributed by atoms with E-state index in [-0.39, 0.29) is 29.4 Å². The van der Waals surface area contributed by atoms with E-state index in [1.54, 1.807) is 0 Å². The first-order valence-corrected chi connectivity index (χ1v) is 11.3. The van der Waals surface area contributed by atoms with Crippen molar-refractivity contribution in [3.8, 4) is 11.5 Å². The number of halogens is 6. The lowest BCUT2D eigenvalue weighted by Crippen LogP contribution is -2.57. The van der Waals surface area contributed by atoms with E-state index in [9.17, 15) is 26.3 Å². The molecule has 6 nitrogen and oxygen atoms in total. The lowest BCUT2D eigenvalue weighted by molar-refractivity contribution is -0.141. The largest absolute Gasteiger partial charge is 0.489 e. The molecule has 1 aromatic heterocycles. The second kappa shape index (κ2) is 9.03. The normalized spacial score (nSPS) is 24.9. The van der Waals surface area contributed by atoms with E-state index in [0.29, 0.717) is 44.6 Å². The number of rotatable bonds is 6. The van der Waals surface area contributed by atoms with Gasteiger partial charge in [0, 0.05) is 24.9 Å². The molecule has 0 N–H and O–H groups in total. The number of benzene rings is 1. The first-order valence-electron chi connectivity index (χ1n) is 11.3. The zero-order chi connectivity index (χ0) is 24.8. The Morgan fingerprint density at radius 3 is 2.17 bits per heavy atom. The van der Waals surface area contributed by atoms with Gasteiger partial charge in [0.2, 0.25) is 0 Å². The van der Waals surface area contributed by atoms with E-state index >= 15 is 0 Å². The van der Waals surface area contributed by atoms with Crippen LogP contribution in [0.25, 0.3) is 0 Å². The molecule has 0 spiro atoms. The molecule has 2 saturated heterocycles. The third kappa shape index (κ3) is 5.41. The molecule has 5 rings (SSSR count). The number of piperidine rings is 1. The quantitative estimate of drug-likeness (QED) is 0.527. The molecule has 1 aliphatic carbocycles. The number of fused-ring (bicyclic) bond motifs is 2. The Morgan fingerprint density at radius 2 is 1.60 bits per heavy atom. The van der Waals surface area contributed by atoms with E-state index in [2.05, 4.69) is 10.2 Å². The predicted molar refractivity (Wildman–Crippen MR) is 111 cm³/mol. The SMILES string of the molecule is FC(F)(F)c1ccc(OC2[C@@H]3COC[C@H]2CN(c2ccc(C(F)(F)F)nn2)C3)c(OCC2CC2)c1. The number of hydrogen-bond acceptors (Lipinski definition) is 6. The van der Waals surface area contributed by atoms with Crippen molar-refractivity contribution in [2.45, 2.75) is 31.3 Å². The van der Waals surface area contributed by atoms with Gasteiger partial charge in [-0.05, 0) is 49.1 Å². The second-order valence-electron chi connectivity index (χ2n) is 9.23. The van der Waals surface area contributed by atoms with Gasteiger partial charge in [0.15, 0.2) is 23.0 Å². The van der Waals surface area contributed by atoms with Gasteiger partial charge >= 0.3 is 12.4 Å². The van der Waals surface area contributed by atoms with Crippen molar-refractivity contribution in [3.63, 3.8) is 0 Å². The van der Waals surface area contributed by atoms with Crippen molar-refractivity contribution in [2.24, 2.45) is 17.8 Å². The highest BCUT2D eigenvalue weighted by molar-refractivity contribution is 5.45. The highest BCUT2D eigenvalue weighted by Crippen LogP contribution is 2.41. The lowest BCUT2D eigenvalue weighted by atomic mass is 9.84. The number of ether oxygens (including phenoxy) is 3. The molecule has 1 aromatic carbocycles. The van der Waals surface area contributed by atoms with Crippen molar-refractivity contribution in [2.75, 3.05) is 37.8 Å². The maximum atomic E-state index is 13.3. The molecule has 0 radical (unpaired) electrons. The van der Waals surface area contributed by atoms with Gasteiger partial charge in [-0.15, -0.1) is 10.2 Å². The monoisotopic (exact) mass is 503 g/mol. The molecule has 3 aliphatic rings. The molecule has 35 heavy (non-hydrogen) atoms. The minimum atomic E-state index is -4.57. The Kier molecular flexibility index (Phi) is 6.18. The Balaban J connectivity index is 1.33. The summed E-state index contributed by atoms with van der Waals surface area (Å²) < 4.78 is 95.8. The summed E-state index contributed by atoms with van der Waals surface area (Å²) in [7, 11) is 0. The molecule has 3 fully saturated rings. The average molecular weight is 503 g/mol. The summed E-state index contributed by atoms with van der Waals surface area (Å²) in [5.74, 6) is 0.606. The molecule has 2 bridgehead atoms. The standard InChI is InChI=1S/C23H23F6N3O3/c24-22(25,26)16-3-4-17(18(7-16)34-10-13-1-2-13)35-21-14-8-32(9-15(21)12-33-11-14)20-6-5-19(30-31-20)23(27,28)29/h3-7,13-15,21H,1-2,8-12H2/t14-,15+,21?. The van der Waals surface area contributed by atoms with Crippen molar-refractivity contribution in [1.82, 2.24) is 10.2 Å². The zero-order valence-electron chi connectivity index (χ0n) is 18.5. The minimum Gasteiger partial charge on any atom is -0.489 e. The maximum absolute atomic E-state index is 13.3. The lowest BCUT2D eigenvalue weighted by Gasteiger charge is -2.46. The van der Waals surface area contributed by atoms with Gasteiger partial charge in [0.05, 0.1) is 25.4 Å². The average Bonchev–Trinajstić information content (AvgIpc) is 3.61. The minimum absolute atomic E-state index is 0.0572. The van der Waals surface area contributed by atoms with Gasteiger partial charge in [0.1, 0.15) is 6.10 Å². The highest BCUT2D eigenvalue weighted by Gasteiger charge is 2.43. The molecule has 190 valence electrons. The topological polar surface area (TPSA) is 56.7 Å². The van der Waals surface area contributed by atoms with E-state index in [4.69, 9.17) is 14.2 Å². The van der Waals surface area contributed by atoms with Crippen LogP contribution in [0.4, 0.5) is 32.2 Å². The Morgan fingerprint density at radius 1 is 0.886 bits per heavy atom. The van der Waals surface area contributed by atoms with Crippen LogP contribution < -0.4 is 14.4 Å². The first-order chi connectivity index (χ1) is 16.6. The smallest absolute Gasteiger partial charge is 0.435 e. The van der Waals surface area contributed by atoms with Crippen molar-refractivity contribution in [1.29, 1.82) is 0 Å².